The molecule has 2 aromatic rings. The summed E-state index contributed by atoms with van der Waals surface area (Å²) in [5, 5.41) is 1.01. The van der Waals surface area contributed by atoms with Crippen LogP contribution in [0.25, 0.3) is 10.9 Å². The summed E-state index contributed by atoms with van der Waals surface area (Å²) in [6.07, 6.45) is 4.36. The molecule has 3 rings (SSSR count). The second kappa shape index (κ2) is 3.84. The molecule has 0 N–H and O–H groups in total. The Labute approximate surface area is 108 Å². The average Bonchev–Trinajstić information content (AvgIpc) is 3.02. The van der Waals surface area contributed by atoms with E-state index in [2.05, 4.69) is 37.6 Å². The third-order valence-electron chi connectivity index (χ3n) is 3.55. The van der Waals surface area contributed by atoms with Crippen molar-refractivity contribution in [2.45, 2.75) is 46.1 Å². The van der Waals surface area contributed by atoms with E-state index in [4.69, 9.17) is 0 Å². The lowest BCUT2D eigenvalue weighted by atomic mass is 9.97. The molecule has 1 aliphatic carbocycles. The smallest absolute Gasteiger partial charge is 0.127 e. The fourth-order valence-corrected chi connectivity index (χ4v) is 2.58. The van der Waals surface area contributed by atoms with Gasteiger partial charge in [-0.05, 0) is 47.9 Å². The number of aromatic nitrogens is 1. The third kappa shape index (κ3) is 2.16. The van der Waals surface area contributed by atoms with Gasteiger partial charge in [0.2, 0.25) is 0 Å². The maximum absolute atomic E-state index is 13.9. The molecule has 0 spiro atoms. The Bertz CT molecular complexity index is 585. The van der Waals surface area contributed by atoms with Crippen LogP contribution in [0.15, 0.2) is 24.4 Å². The van der Waals surface area contributed by atoms with Crippen LogP contribution in [0.5, 0.6) is 0 Å². The quantitative estimate of drug-likeness (QED) is 0.722. The molecule has 1 fully saturated rings. The van der Waals surface area contributed by atoms with Crippen molar-refractivity contribution in [3.8, 4) is 0 Å². The Kier molecular flexibility index (Phi) is 2.51. The molecule has 0 radical (unpaired) electrons. The average molecular weight is 245 g/mol. The van der Waals surface area contributed by atoms with Gasteiger partial charge in [-0.15, -0.1) is 0 Å². The van der Waals surface area contributed by atoms with Crippen LogP contribution in [0.1, 0.15) is 45.1 Å². The normalized spacial score (nSPS) is 16.4. The highest BCUT2D eigenvalue weighted by Crippen LogP contribution is 2.42. The van der Waals surface area contributed by atoms with E-state index < -0.39 is 0 Å². The van der Waals surface area contributed by atoms with Gasteiger partial charge >= 0.3 is 0 Å². The largest absolute Gasteiger partial charge is 0.347 e. The zero-order valence-corrected chi connectivity index (χ0v) is 11.3. The van der Waals surface area contributed by atoms with Crippen LogP contribution in [-0.2, 0) is 6.54 Å². The first-order valence-electron chi connectivity index (χ1n) is 6.72. The Morgan fingerprint density at radius 1 is 1.28 bits per heavy atom. The minimum atomic E-state index is -0.0292. The molecule has 0 unspecified atom stereocenters. The Morgan fingerprint density at radius 3 is 2.61 bits per heavy atom. The second-order valence-electron chi connectivity index (χ2n) is 6.71. The molecule has 1 heterocycles. The zero-order chi connectivity index (χ0) is 12.9. The van der Waals surface area contributed by atoms with Gasteiger partial charge in [0.05, 0.1) is 0 Å². The van der Waals surface area contributed by atoms with Gasteiger partial charge in [0.25, 0.3) is 0 Å². The van der Waals surface area contributed by atoms with Crippen molar-refractivity contribution in [1.82, 2.24) is 4.57 Å². The van der Waals surface area contributed by atoms with Crippen molar-refractivity contribution in [1.29, 1.82) is 0 Å². The lowest BCUT2D eigenvalue weighted by Crippen LogP contribution is -2.14. The van der Waals surface area contributed by atoms with Crippen LogP contribution in [-0.4, -0.2) is 4.57 Å². The van der Waals surface area contributed by atoms with Gasteiger partial charge < -0.3 is 4.57 Å². The number of benzene rings is 1. The molecule has 1 aliphatic rings. The van der Waals surface area contributed by atoms with Crippen LogP contribution in [0.4, 0.5) is 4.39 Å². The summed E-state index contributed by atoms with van der Waals surface area (Å²) >= 11 is 0. The van der Waals surface area contributed by atoms with Crippen LogP contribution in [0, 0.1) is 11.2 Å². The summed E-state index contributed by atoms with van der Waals surface area (Å²) in [5.74, 6) is 0.436. The minimum absolute atomic E-state index is 0.0292. The maximum Gasteiger partial charge on any atom is 0.127 e. The maximum atomic E-state index is 13.9. The molecule has 1 saturated carbocycles. The van der Waals surface area contributed by atoms with Gasteiger partial charge in [-0.2, -0.15) is 0 Å². The number of hydrogen-bond donors (Lipinski definition) is 0. The Morgan fingerprint density at radius 2 is 2.00 bits per heavy atom. The van der Waals surface area contributed by atoms with Gasteiger partial charge in [-0.1, -0.05) is 20.8 Å². The summed E-state index contributed by atoms with van der Waals surface area (Å²) in [7, 11) is 0. The zero-order valence-electron chi connectivity index (χ0n) is 11.3. The molecule has 2 heteroatoms. The molecule has 1 nitrogen and oxygen atoms in total. The van der Waals surface area contributed by atoms with Crippen molar-refractivity contribution < 1.29 is 4.39 Å². The Balaban J connectivity index is 2.08. The van der Waals surface area contributed by atoms with E-state index in [-0.39, 0.29) is 11.2 Å². The topological polar surface area (TPSA) is 4.93 Å². The predicted octanol–water partition coefficient (Wildman–Crippen LogP) is 4.70. The predicted molar refractivity (Wildman–Crippen MR) is 73.3 cm³/mol. The van der Waals surface area contributed by atoms with Crippen molar-refractivity contribution in [3.05, 3.63) is 35.8 Å². The summed E-state index contributed by atoms with van der Waals surface area (Å²) in [4.78, 5) is 0. The van der Waals surface area contributed by atoms with E-state index in [1.807, 2.05) is 6.07 Å². The highest BCUT2D eigenvalue weighted by atomic mass is 19.1. The van der Waals surface area contributed by atoms with E-state index in [1.54, 1.807) is 6.07 Å². The van der Waals surface area contributed by atoms with E-state index >= 15 is 0 Å². The SMILES string of the molecule is CC(C)(C)Cn1ccc2cc(F)c(C3CC3)cc21. The summed E-state index contributed by atoms with van der Waals surface area (Å²) in [6.45, 7) is 7.64. The van der Waals surface area contributed by atoms with Crippen molar-refractivity contribution in [2.24, 2.45) is 5.41 Å². The molecule has 18 heavy (non-hydrogen) atoms. The molecular weight excluding hydrogens is 225 g/mol. The van der Waals surface area contributed by atoms with E-state index in [0.29, 0.717) is 5.92 Å². The fourth-order valence-electron chi connectivity index (χ4n) is 2.58. The first kappa shape index (κ1) is 11.8. The first-order valence-corrected chi connectivity index (χ1v) is 6.72. The lowest BCUT2D eigenvalue weighted by molar-refractivity contribution is 0.349. The lowest BCUT2D eigenvalue weighted by Gasteiger charge is -2.20. The molecule has 0 saturated heterocycles. The van der Waals surface area contributed by atoms with Gasteiger partial charge in [-0.25, -0.2) is 4.39 Å². The van der Waals surface area contributed by atoms with Crippen LogP contribution in [0.2, 0.25) is 0 Å². The molecule has 0 aliphatic heterocycles. The van der Waals surface area contributed by atoms with Crippen LogP contribution >= 0.6 is 0 Å². The van der Waals surface area contributed by atoms with E-state index in [9.17, 15) is 4.39 Å². The first-order chi connectivity index (χ1) is 8.44. The standard InChI is InChI=1S/C16H20FN/c1-16(2,3)10-18-7-6-12-8-14(17)13(9-15(12)18)11-4-5-11/h6-9,11H,4-5,10H2,1-3H3. The number of rotatable bonds is 2. The van der Waals surface area contributed by atoms with Crippen LogP contribution in [0.3, 0.4) is 0 Å². The molecular formula is C16H20FN. The van der Waals surface area contributed by atoms with Crippen molar-refractivity contribution in [3.63, 3.8) is 0 Å². The molecule has 0 amide bonds. The number of nitrogens with zero attached hydrogens (tertiary/aromatic N) is 1. The van der Waals surface area contributed by atoms with Gasteiger partial charge in [0.1, 0.15) is 5.82 Å². The second-order valence-corrected chi connectivity index (χ2v) is 6.71. The molecule has 0 bridgehead atoms. The molecule has 96 valence electrons. The fraction of sp³-hybridized carbons (Fsp3) is 0.500. The molecule has 0 atom stereocenters. The highest BCUT2D eigenvalue weighted by molar-refractivity contribution is 5.81. The monoisotopic (exact) mass is 245 g/mol. The number of fused-ring (bicyclic) bond motifs is 1. The van der Waals surface area contributed by atoms with E-state index in [0.717, 1.165) is 30.3 Å². The van der Waals surface area contributed by atoms with Gasteiger partial charge in [0.15, 0.2) is 0 Å². The van der Waals surface area contributed by atoms with Crippen molar-refractivity contribution in [2.75, 3.05) is 0 Å². The summed E-state index contributed by atoms with van der Waals surface area (Å²) < 4.78 is 16.2. The van der Waals surface area contributed by atoms with Crippen molar-refractivity contribution >= 4 is 10.9 Å². The summed E-state index contributed by atoms with van der Waals surface area (Å²) in [6, 6.07) is 5.77. The number of halogens is 1. The summed E-state index contributed by atoms with van der Waals surface area (Å²) in [5.41, 5.74) is 2.32. The minimum Gasteiger partial charge on any atom is -0.347 e. The number of hydrogen-bond acceptors (Lipinski definition) is 0. The molecule has 1 aromatic carbocycles. The van der Waals surface area contributed by atoms with Gasteiger partial charge in [0, 0.05) is 23.6 Å². The third-order valence-corrected chi connectivity index (χ3v) is 3.55. The van der Waals surface area contributed by atoms with E-state index in [1.165, 1.54) is 5.52 Å². The van der Waals surface area contributed by atoms with Gasteiger partial charge in [-0.3, -0.25) is 0 Å². The highest BCUT2D eigenvalue weighted by Gasteiger charge is 2.27. The Hall–Kier alpha value is -1.31. The van der Waals surface area contributed by atoms with Crippen LogP contribution < -0.4 is 0 Å². The molecule has 1 aromatic heterocycles.